The van der Waals surface area contributed by atoms with Crippen LogP contribution < -0.4 is 0 Å². The number of benzene rings is 1. The van der Waals surface area contributed by atoms with E-state index in [4.69, 9.17) is 4.84 Å². The summed E-state index contributed by atoms with van der Waals surface area (Å²) in [6, 6.07) is 13.3. The molecule has 2 aliphatic rings. The summed E-state index contributed by atoms with van der Waals surface area (Å²) in [5.74, 6) is 0.0631. The van der Waals surface area contributed by atoms with Gasteiger partial charge in [0.15, 0.2) is 5.60 Å². The molecule has 0 bridgehead atoms. The maximum absolute atomic E-state index is 12.7. The van der Waals surface area contributed by atoms with Crippen molar-refractivity contribution in [2.75, 3.05) is 13.1 Å². The van der Waals surface area contributed by atoms with Crippen LogP contribution in [0.15, 0.2) is 60.0 Å². The van der Waals surface area contributed by atoms with Crippen LogP contribution in [0.3, 0.4) is 0 Å². The van der Waals surface area contributed by atoms with Gasteiger partial charge in [-0.25, -0.2) is 0 Å². The first kappa shape index (κ1) is 14.9. The molecule has 0 aliphatic carbocycles. The van der Waals surface area contributed by atoms with E-state index in [1.165, 1.54) is 0 Å². The van der Waals surface area contributed by atoms with Crippen LogP contribution >= 0.6 is 0 Å². The van der Waals surface area contributed by atoms with Gasteiger partial charge in [-0.2, -0.15) is 0 Å². The molecule has 0 N–H and O–H groups in total. The first-order chi connectivity index (χ1) is 11.8. The molecule has 4 rings (SSSR count). The summed E-state index contributed by atoms with van der Waals surface area (Å²) < 4.78 is 0. The molecule has 2 aromatic rings. The van der Waals surface area contributed by atoms with E-state index in [1.807, 2.05) is 47.4 Å². The van der Waals surface area contributed by atoms with E-state index in [9.17, 15) is 4.79 Å². The number of oxime groups is 1. The number of amides is 1. The molecule has 3 heterocycles. The quantitative estimate of drug-likeness (QED) is 0.854. The second kappa shape index (κ2) is 6.07. The average Bonchev–Trinajstić information content (AvgIpc) is 3.06. The van der Waals surface area contributed by atoms with Crippen LogP contribution in [0.4, 0.5) is 0 Å². The zero-order valence-corrected chi connectivity index (χ0v) is 13.4. The first-order valence-electron chi connectivity index (χ1n) is 8.26. The number of likely N-dealkylation sites (tertiary alicyclic amines) is 1. The van der Waals surface area contributed by atoms with Crippen molar-refractivity contribution in [3.05, 3.63) is 66.0 Å². The highest BCUT2D eigenvalue weighted by Gasteiger charge is 2.44. The van der Waals surface area contributed by atoms with Crippen molar-refractivity contribution < 1.29 is 9.63 Å². The molecule has 1 fully saturated rings. The SMILES string of the molecule is O=C(c1ccccc1)N1CCCC2(CC(c3cccnc3)=NO2)C1. The van der Waals surface area contributed by atoms with Gasteiger partial charge < -0.3 is 9.74 Å². The minimum absolute atomic E-state index is 0.0631. The second-order valence-corrected chi connectivity index (χ2v) is 6.43. The Balaban J connectivity index is 1.49. The second-order valence-electron chi connectivity index (χ2n) is 6.43. The third kappa shape index (κ3) is 2.77. The van der Waals surface area contributed by atoms with Gasteiger partial charge in [0.1, 0.15) is 0 Å². The predicted octanol–water partition coefficient (Wildman–Crippen LogP) is 2.88. The molecule has 1 amide bonds. The van der Waals surface area contributed by atoms with E-state index < -0.39 is 5.60 Å². The topological polar surface area (TPSA) is 54.8 Å². The number of nitrogens with zero attached hydrogens (tertiary/aromatic N) is 3. The van der Waals surface area contributed by atoms with E-state index in [2.05, 4.69) is 10.1 Å². The van der Waals surface area contributed by atoms with Gasteiger partial charge >= 0.3 is 0 Å². The summed E-state index contributed by atoms with van der Waals surface area (Å²) in [6.45, 7) is 1.34. The number of carbonyl (C=O) groups is 1. The minimum atomic E-state index is -0.395. The van der Waals surface area contributed by atoms with Crippen molar-refractivity contribution in [2.45, 2.75) is 24.9 Å². The Morgan fingerprint density at radius 1 is 1.17 bits per heavy atom. The van der Waals surface area contributed by atoms with E-state index in [0.717, 1.165) is 42.6 Å². The largest absolute Gasteiger partial charge is 0.387 e. The third-order valence-corrected chi connectivity index (χ3v) is 4.68. The molecule has 0 saturated carbocycles. The van der Waals surface area contributed by atoms with Crippen LogP contribution in [0.5, 0.6) is 0 Å². The van der Waals surface area contributed by atoms with Crippen molar-refractivity contribution >= 4 is 11.6 Å². The van der Waals surface area contributed by atoms with E-state index >= 15 is 0 Å². The Morgan fingerprint density at radius 2 is 2.04 bits per heavy atom. The molecule has 122 valence electrons. The van der Waals surface area contributed by atoms with Crippen molar-refractivity contribution in [1.82, 2.24) is 9.88 Å². The fraction of sp³-hybridized carbons (Fsp3) is 0.316. The maximum atomic E-state index is 12.7. The standard InChI is InChI=1S/C19H19N3O2/c23-18(15-6-2-1-3-7-15)22-11-5-9-19(14-22)12-17(21-24-19)16-8-4-10-20-13-16/h1-4,6-8,10,13H,5,9,11-12,14H2. The zero-order valence-electron chi connectivity index (χ0n) is 13.4. The molecular formula is C19H19N3O2. The molecule has 1 spiro atoms. The molecule has 0 radical (unpaired) electrons. The number of piperidine rings is 1. The summed E-state index contributed by atoms with van der Waals surface area (Å²) in [4.78, 5) is 24.6. The predicted molar refractivity (Wildman–Crippen MR) is 90.8 cm³/mol. The zero-order chi connectivity index (χ0) is 16.4. The van der Waals surface area contributed by atoms with Gasteiger partial charge in [0.05, 0.1) is 12.3 Å². The third-order valence-electron chi connectivity index (χ3n) is 4.68. The summed E-state index contributed by atoms with van der Waals surface area (Å²) >= 11 is 0. The lowest BCUT2D eigenvalue weighted by atomic mass is 9.86. The van der Waals surface area contributed by atoms with Gasteiger partial charge in [-0.3, -0.25) is 9.78 Å². The highest BCUT2D eigenvalue weighted by Crippen LogP contribution is 2.35. The van der Waals surface area contributed by atoms with Gasteiger partial charge in [0.25, 0.3) is 5.91 Å². The Hall–Kier alpha value is -2.69. The Labute approximate surface area is 141 Å². The summed E-state index contributed by atoms with van der Waals surface area (Å²) in [5, 5.41) is 4.29. The van der Waals surface area contributed by atoms with Crippen LogP contribution in [0.2, 0.25) is 0 Å². The number of pyridine rings is 1. The monoisotopic (exact) mass is 321 g/mol. The van der Waals surface area contributed by atoms with Crippen LogP contribution in [0.1, 0.15) is 35.2 Å². The maximum Gasteiger partial charge on any atom is 0.253 e. The summed E-state index contributed by atoms with van der Waals surface area (Å²) in [5.41, 5.74) is 2.23. The highest BCUT2D eigenvalue weighted by atomic mass is 16.7. The number of hydrogen-bond acceptors (Lipinski definition) is 4. The highest BCUT2D eigenvalue weighted by molar-refractivity contribution is 6.01. The van der Waals surface area contributed by atoms with Crippen LogP contribution in [0, 0.1) is 0 Å². The van der Waals surface area contributed by atoms with Crippen LogP contribution in [0.25, 0.3) is 0 Å². The lowest BCUT2D eigenvalue weighted by Crippen LogP contribution is -2.50. The molecule has 1 aromatic heterocycles. The molecule has 5 nitrogen and oxygen atoms in total. The lowest BCUT2D eigenvalue weighted by Gasteiger charge is -2.38. The number of aromatic nitrogens is 1. The van der Waals surface area contributed by atoms with Crippen LogP contribution in [-0.4, -0.2) is 40.2 Å². The van der Waals surface area contributed by atoms with Gasteiger partial charge in [0, 0.05) is 36.5 Å². The molecule has 1 unspecified atom stereocenters. The Bertz CT molecular complexity index is 761. The average molecular weight is 321 g/mol. The Kier molecular flexibility index (Phi) is 3.76. The molecule has 1 aromatic carbocycles. The van der Waals surface area contributed by atoms with Gasteiger partial charge in [-0.15, -0.1) is 0 Å². The smallest absolute Gasteiger partial charge is 0.253 e. The van der Waals surface area contributed by atoms with E-state index in [-0.39, 0.29) is 5.91 Å². The fourth-order valence-corrected chi connectivity index (χ4v) is 3.46. The van der Waals surface area contributed by atoms with Gasteiger partial charge in [-0.05, 0) is 37.1 Å². The number of rotatable bonds is 2. The fourth-order valence-electron chi connectivity index (χ4n) is 3.46. The normalized spacial score (nSPS) is 23.0. The van der Waals surface area contributed by atoms with E-state index in [0.29, 0.717) is 6.54 Å². The van der Waals surface area contributed by atoms with Crippen molar-refractivity contribution in [3.8, 4) is 0 Å². The Morgan fingerprint density at radius 3 is 2.83 bits per heavy atom. The number of hydrogen-bond donors (Lipinski definition) is 0. The first-order valence-corrected chi connectivity index (χ1v) is 8.26. The molecular weight excluding hydrogens is 302 g/mol. The minimum Gasteiger partial charge on any atom is -0.387 e. The lowest BCUT2D eigenvalue weighted by molar-refractivity contribution is -0.0618. The molecule has 5 heteroatoms. The van der Waals surface area contributed by atoms with Gasteiger partial charge in [0.2, 0.25) is 0 Å². The summed E-state index contributed by atoms with van der Waals surface area (Å²) in [7, 11) is 0. The molecule has 24 heavy (non-hydrogen) atoms. The molecule has 2 aliphatic heterocycles. The van der Waals surface area contributed by atoms with Crippen LogP contribution in [-0.2, 0) is 4.84 Å². The molecule has 1 atom stereocenters. The van der Waals surface area contributed by atoms with Crippen molar-refractivity contribution in [2.24, 2.45) is 5.16 Å². The van der Waals surface area contributed by atoms with E-state index in [1.54, 1.807) is 12.4 Å². The number of carbonyl (C=O) groups excluding carboxylic acids is 1. The molecule has 1 saturated heterocycles. The van der Waals surface area contributed by atoms with Gasteiger partial charge in [-0.1, -0.05) is 23.4 Å². The van der Waals surface area contributed by atoms with Crippen molar-refractivity contribution in [1.29, 1.82) is 0 Å². The van der Waals surface area contributed by atoms with Crippen molar-refractivity contribution in [3.63, 3.8) is 0 Å². The summed E-state index contributed by atoms with van der Waals surface area (Å²) in [6.07, 6.45) is 6.11.